The van der Waals surface area contributed by atoms with Gasteiger partial charge in [-0.25, -0.2) is 8.42 Å². The zero-order chi connectivity index (χ0) is 12.5. The minimum absolute atomic E-state index is 0.0158. The molecule has 5 nitrogen and oxygen atoms in total. The van der Waals surface area contributed by atoms with Gasteiger partial charge in [0.1, 0.15) is 0 Å². The van der Waals surface area contributed by atoms with Gasteiger partial charge in [0.25, 0.3) is 0 Å². The largest absolute Gasteiger partial charge is 0.374 e. The Labute approximate surface area is 103 Å². The third-order valence-corrected chi connectivity index (χ3v) is 4.85. The number of hydrogen-bond acceptors (Lipinski definition) is 5. The first-order chi connectivity index (χ1) is 7.86. The molecule has 0 bridgehead atoms. The molecule has 100 valence electrons. The van der Waals surface area contributed by atoms with Gasteiger partial charge in [0, 0.05) is 13.1 Å². The number of sulfone groups is 1. The summed E-state index contributed by atoms with van der Waals surface area (Å²) >= 11 is 0. The molecule has 2 saturated heterocycles. The van der Waals surface area contributed by atoms with Crippen molar-refractivity contribution in [1.82, 2.24) is 5.32 Å². The van der Waals surface area contributed by atoms with Crippen LogP contribution in [0.25, 0.3) is 0 Å². The highest BCUT2D eigenvalue weighted by Gasteiger charge is 2.32. The molecule has 0 saturated carbocycles. The van der Waals surface area contributed by atoms with E-state index in [-0.39, 0.29) is 29.3 Å². The van der Waals surface area contributed by atoms with Crippen LogP contribution in [0, 0.1) is 0 Å². The molecule has 0 aromatic carbocycles. The van der Waals surface area contributed by atoms with Crippen molar-refractivity contribution in [3.8, 4) is 0 Å². The molecule has 0 radical (unpaired) electrons. The van der Waals surface area contributed by atoms with Crippen molar-refractivity contribution in [2.24, 2.45) is 0 Å². The fourth-order valence-corrected chi connectivity index (χ4v) is 3.92. The summed E-state index contributed by atoms with van der Waals surface area (Å²) in [6, 6.07) is 0. The Kier molecular flexibility index (Phi) is 3.77. The van der Waals surface area contributed by atoms with Crippen molar-refractivity contribution in [2.45, 2.75) is 38.1 Å². The Morgan fingerprint density at radius 3 is 2.82 bits per heavy atom. The average Bonchev–Trinajstić information content (AvgIpc) is 2.54. The minimum atomic E-state index is -2.85. The van der Waals surface area contributed by atoms with Crippen molar-refractivity contribution in [3.63, 3.8) is 0 Å². The summed E-state index contributed by atoms with van der Waals surface area (Å²) in [5.74, 6) is 0.420. The smallest absolute Gasteiger partial charge is 0.152 e. The van der Waals surface area contributed by atoms with Gasteiger partial charge >= 0.3 is 0 Å². The van der Waals surface area contributed by atoms with Gasteiger partial charge < -0.3 is 14.8 Å². The highest BCUT2D eigenvalue weighted by Crippen LogP contribution is 2.18. The van der Waals surface area contributed by atoms with Gasteiger partial charge in [-0.15, -0.1) is 0 Å². The first-order valence-electron chi connectivity index (χ1n) is 6.07. The average molecular weight is 263 g/mol. The molecule has 0 aliphatic carbocycles. The molecule has 0 spiro atoms. The molecule has 0 aromatic heterocycles. The lowest BCUT2D eigenvalue weighted by atomic mass is 10.1. The van der Waals surface area contributed by atoms with Crippen LogP contribution in [0.5, 0.6) is 0 Å². The molecule has 2 atom stereocenters. The Morgan fingerprint density at radius 2 is 2.24 bits per heavy atom. The quantitative estimate of drug-likeness (QED) is 0.774. The van der Waals surface area contributed by atoms with E-state index in [1.165, 1.54) is 0 Å². The molecule has 2 fully saturated rings. The van der Waals surface area contributed by atoms with Crippen LogP contribution in [0.15, 0.2) is 0 Å². The van der Waals surface area contributed by atoms with E-state index < -0.39 is 9.84 Å². The van der Waals surface area contributed by atoms with E-state index in [4.69, 9.17) is 9.47 Å². The van der Waals surface area contributed by atoms with Crippen molar-refractivity contribution in [1.29, 1.82) is 0 Å². The maximum absolute atomic E-state index is 11.3. The van der Waals surface area contributed by atoms with Crippen LogP contribution in [0.3, 0.4) is 0 Å². The monoisotopic (exact) mass is 263 g/mol. The first-order valence-corrected chi connectivity index (χ1v) is 7.89. The molecule has 2 unspecified atom stereocenters. The van der Waals surface area contributed by atoms with Crippen molar-refractivity contribution >= 4 is 9.84 Å². The fraction of sp³-hybridized carbons (Fsp3) is 1.00. The van der Waals surface area contributed by atoms with E-state index in [2.05, 4.69) is 5.32 Å². The zero-order valence-electron chi connectivity index (χ0n) is 10.4. The second kappa shape index (κ2) is 4.84. The summed E-state index contributed by atoms with van der Waals surface area (Å²) in [5.41, 5.74) is -0.173. The molecule has 0 aromatic rings. The summed E-state index contributed by atoms with van der Waals surface area (Å²) in [7, 11) is -2.85. The Hall–Kier alpha value is -0.170. The van der Waals surface area contributed by atoms with Gasteiger partial charge in [0.05, 0.1) is 35.9 Å². The number of hydrogen-bond donors (Lipinski definition) is 1. The van der Waals surface area contributed by atoms with E-state index in [0.717, 1.165) is 13.1 Å². The molecule has 2 rings (SSSR count). The van der Waals surface area contributed by atoms with Gasteiger partial charge in [-0.1, -0.05) is 0 Å². The van der Waals surface area contributed by atoms with Gasteiger partial charge in [-0.2, -0.15) is 0 Å². The summed E-state index contributed by atoms with van der Waals surface area (Å²) in [4.78, 5) is 0. The van der Waals surface area contributed by atoms with E-state index in [1.54, 1.807) is 0 Å². The molecular formula is C11H21NO4S. The second-order valence-corrected chi connectivity index (χ2v) is 7.72. The summed E-state index contributed by atoms with van der Waals surface area (Å²) in [6.45, 7) is 6.14. The highest BCUT2D eigenvalue weighted by molar-refractivity contribution is 7.91. The maximum Gasteiger partial charge on any atom is 0.152 e. The standard InChI is InChI=1S/C11H21NO4S/c1-11(2)8-12-5-10(16-11)6-15-9-3-4-17(13,14)7-9/h9-10,12H,3-8H2,1-2H3. The van der Waals surface area contributed by atoms with E-state index in [1.807, 2.05) is 13.8 Å². The fourth-order valence-electron chi connectivity index (χ4n) is 2.30. The summed E-state index contributed by atoms with van der Waals surface area (Å²) in [5, 5.41) is 3.29. The Balaban J connectivity index is 1.75. The van der Waals surface area contributed by atoms with Crippen LogP contribution in [0.1, 0.15) is 20.3 Å². The van der Waals surface area contributed by atoms with Crippen LogP contribution < -0.4 is 5.32 Å². The number of ether oxygens (including phenoxy) is 2. The molecule has 0 amide bonds. The second-order valence-electron chi connectivity index (χ2n) is 5.49. The van der Waals surface area contributed by atoms with Gasteiger partial charge in [-0.05, 0) is 20.3 Å². The molecule has 2 aliphatic rings. The van der Waals surface area contributed by atoms with E-state index in [0.29, 0.717) is 13.0 Å². The molecule has 6 heteroatoms. The van der Waals surface area contributed by atoms with Crippen LogP contribution in [0.2, 0.25) is 0 Å². The number of nitrogens with one attached hydrogen (secondary N) is 1. The molecular weight excluding hydrogens is 242 g/mol. The third kappa shape index (κ3) is 3.91. The Bertz CT molecular complexity index is 366. The predicted molar refractivity (Wildman–Crippen MR) is 64.8 cm³/mol. The lowest BCUT2D eigenvalue weighted by Gasteiger charge is -2.36. The highest BCUT2D eigenvalue weighted by atomic mass is 32.2. The summed E-state index contributed by atoms with van der Waals surface area (Å²) in [6.07, 6.45) is 0.488. The van der Waals surface area contributed by atoms with Gasteiger partial charge in [-0.3, -0.25) is 0 Å². The molecule has 1 N–H and O–H groups in total. The zero-order valence-corrected chi connectivity index (χ0v) is 11.3. The molecule has 17 heavy (non-hydrogen) atoms. The summed E-state index contributed by atoms with van der Waals surface area (Å²) < 4.78 is 34.0. The minimum Gasteiger partial charge on any atom is -0.374 e. The van der Waals surface area contributed by atoms with Crippen molar-refractivity contribution < 1.29 is 17.9 Å². The van der Waals surface area contributed by atoms with E-state index in [9.17, 15) is 8.42 Å². The van der Waals surface area contributed by atoms with Crippen LogP contribution >= 0.6 is 0 Å². The van der Waals surface area contributed by atoms with Crippen LogP contribution in [-0.2, 0) is 19.3 Å². The van der Waals surface area contributed by atoms with E-state index >= 15 is 0 Å². The van der Waals surface area contributed by atoms with Gasteiger partial charge in [0.15, 0.2) is 9.84 Å². The van der Waals surface area contributed by atoms with Crippen molar-refractivity contribution in [3.05, 3.63) is 0 Å². The van der Waals surface area contributed by atoms with Crippen LogP contribution in [0.4, 0.5) is 0 Å². The topological polar surface area (TPSA) is 64.6 Å². The maximum atomic E-state index is 11.3. The number of morpholine rings is 1. The van der Waals surface area contributed by atoms with Gasteiger partial charge in [0.2, 0.25) is 0 Å². The van der Waals surface area contributed by atoms with Crippen LogP contribution in [-0.4, -0.2) is 57.4 Å². The molecule has 2 aliphatic heterocycles. The normalized spacial score (nSPS) is 35.9. The third-order valence-electron chi connectivity index (χ3n) is 3.12. The lowest BCUT2D eigenvalue weighted by Crippen LogP contribution is -2.52. The lowest BCUT2D eigenvalue weighted by molar-refractivity contribution is -0.127. The number of rotatable bonds is 3. The SMILES string of the molecule is CC1(C)CNCC(COC2CCS(=O)(=O)C2)O1. The molecule has 2 heterocycles. The predicted octanol–water partition coefficient (Wildman–Crippen LogP) is -0.0429. The Morgan fingerprint density at radius 1 is 1.47 bits per heavy atom. The van der Waals surface area contributed by atoms with Crippen molar-refractivity contribution in [2.75, 3.05) is 31.2 Å². The first kappa shape index (κ1) is 13.3.